The molecular formula is C27H29NO7. The van der Waals surface area contributed by atoms with Gasteiger partial charge in [-0.1, -0.05) is 43.0 Å². The second-order valence-corrected chi connectivity index (χ2v) is 8.01. The Morgan fingerprint density at radius 3 is 2.46 bits per heavy atom. The average molecular weight is 480 g/mol. The van der Waals surface area contributed by atoms with E-state index in [1.165, 1.54) is 7.11 Å². The molecule has 184 valence electrons. The largest absolute Gasteiger partial charge is 0.465 e. The maximum absolute atomic E-state index is 12.8. The highest BCUT2D eigenvalue weighted by Gasteiger charge is 2.46. The summed E-state index contributed by atoms with van der Waals surface area (Å²) in [5, 5.41) is 18.2. The first kappa shape index (κ1) is 25.7. The Bertz CT molecular complexity index is 1140. The molecule has 8 nitrogen and oxygen atoms in total. The van der Waals surface area contributed by atoms with Crippen LogP contribution in [0.4, 0.5) is 5.69 Å². The molecule has 0 spiro atoms. The van der Waals surface area contributed by atoms with Crippen LogP contribution in [-0.4, -0.2) is 49.2 Å². The van der Waals surface area contributed by atoms with Gasteiger partial charge >= 0.3 is 5.97 Å². The topological polar surface area (TPSA) is 106 Å². The van der Waals surface area contributed by atoms with Gasteiger partial charge < -0.3 is 29.3 Å². The zero-order chi connectivity index (χ0) is 25.4. The van der Waals surface area contributed by atoms with Gasteiger partial charge in [0.15, 0.2) is 11.5 Å². The maximum Gasteiger partial charge on any atom is 0.337 e. The van der Waals surface area contributed by atoms with E-state index in [-0.39, 0.29) is 25.9 Å². The monoisotopic (exact) mass is 479 g/mol. The van der Waals surface area contributed by atoms with Crippen molar-refractivity contribution in [3.63, 3.8) is 0 Å². The van der Waals surface area contributed by atoms with Crippen LogP contribution in [-0.2, 0) is 31.0 Å². The third-order valence-corrected chi connectivity index (χ3v) is 5.77. The Morgan fingerprint density at radius 2 is 1.83 bits per heavy atom. The van der Waals surface area contributed by atoms with Crippen LogP contribution in [0.2, 0.25) is 0 Å². The molecule has 2 aromatic carbocycles. The molecule has 1 unspecified atom stereocenters. The van der Waals surface area contributed by atoms with Crippen LogP contribution in [0.25, 0.3) is 0 Å². The smallest absolute Gasteiger partial charge is 0.337 e. The molecule has 0 saturated heterocycles. The Kier molecular flexibility index (Phi) is 8.46. The van der Waals surface area contributed by atoms with Crippen LogP contribution >= 0.6 is 0 Å². The van der Waals surface area contributed by atoms with Crippen molar-refractivity contribution in [1.82, 2.24) is 0 Å². The molecule has 1 atom stereocenters. The minimum Gasteiger partial charge on any atom is -0.465 e. The third-order valence-electron chi connectivity index (χ3n) is 5.77. The number of fused-ring (bicyclic) bond motifs is 1. The second-order valence-electron chi connectivity index (χ2n) is 8.01. The highest BCUT2D eigenvalue weighted by molar-refractivity contribution is 6.07. The maximum atomic E-state index is 12.8. The molecule has 2 aromatic rings. The van der Waals surface area contributed by atoms with E-state index in [0.29, 0.717) is 23.6 Å². The Labute approximate surface area is 204 Å². The van der Waals surface area contributed by atoms with Crippen molar-refractivity contribution < 1.29 is 34.0 Å². The number of aliphatic hydroxyl groups is 2. The van der Waals surface area contributed by atoms with Gasteiger partial charge in [-0.2, -0.15) is 0 Å². The van der Waals surface area contributed by atoms with Crippen molar-refractivity contribution in [1.29, 1.82) is 0 Å². The van der Waals surface area contributed by atoms with Crippen molar-refractivity contribution in [3.8, 4) is 0 Å². The number of aliphatic hydroxyl groups excluding tert-OH is 2. The summed E-state index contributed by atoms with van der Waals surface area (Å²) in [4.78, 5) is 26.0. The summed E-state index contributed by atoms with van der Waals surface area (Å²) in [5.74, 6) is 0.726. The Hall–Kier alpha value is -3.88. The second kappa shape index (κ2) is 11.5. The Balaban J connectivity index is 0.000000261. The molecule has 8 heteroatoms. The first-order valence-electron chi connectivity index (χ1n) is 11.0. The number of carbonyl (C=O) groups is 2. The predicted octanol–water partition coefficient (Wildman–Crippen LogP) is 3.21. The number of para-hydroxylation sites is 1. The number of allylic oxidation sites excluding steroid dienone is 2. The van der Waals surface area contributed by atoms with Gasteiger partial charge in [-0.15, -0.1) is 0 Å². The van der Waals surface area contributed by atoms with Crippen LogP contribution in [0.1, 0.15) is 28.4 Å². The van der Waals surface area contributed by atoms with Crippen molar-refractivity contribution >= 4 is 17.6 Å². The number of amides is 1. The van der Waals surface area contributed by atoms with E-state index < -0.39 is 11.4 Å². The normalized spacial score (nSPS) is 18.5. The van der Waals surface area contributed by atoms with E-state index in [1.54, 1.807) is 54.3 Å². The highest BCUT2D eigenvalue weighted by atomic mass is 16.7. The van der Waals surface area contributed by atoms with Crippen molar-refractivity contribution in [2.45, 2.75) is 18.9 Å². The number of rotatable bonds is 7. The summed E-state index contributed by atoms with van der Waals surface area (Å²) >= 11 is 0. The van der Waals surface area contributed by atoms with E-state index in [0.717, 1.165) is 16.8 Å². The zero-order valence-corrected chi connectivity index (χ0v) is 19.8. The first-order chi connectivity index (χ1) is 16.9. The fraction of sp³-hybridized carbons (Fsp3) is 0.259. The molecule has 2 N–H and O–H groups in total. The van der Waals surface area contributed by atoms with Crippen LogP contribution in [0.3, 0.4) is 0 Å². The van der Waals surface area contributed by atoms with Gasteiger partial charge in [0.25, 0.3) is 0 Å². The lowest BCUT2D eigenvalue weighted by molar-refractivity contribution is -0.124. The lowest BCUT2D eigenvalue weighted by Crippen LogP contribution is -2.40. The lowest BCUT2D eigenvalue weighted by Gasteiger charge is -2.22. The van der Waals surface area contributed by atoms with E-state index in [9.17, 15) is 14.7 Å². The van der Waals surface area contributed by atoms with E-state index in [4.69, 9.17) is 14.6 Å². The Morgan fingerprint density at radius 1 is 1.14 bits per heavy atom. The fourth-order valence-corrected chi connectivity index (χ4v) is 3.80. The zero-order valence-electron chi connectivity index (χ0n) is 19.8. The van der Waals surface area contributed by atoms with Crippen LogP contribution < -0.4 is 4.90 Å². The molecule has 35 heavy (non-hydrogen) atoms. The number of methoxy groups -OCH3 is 1. The predicted molar refractivity (Wildman–Crippen MR) is 130 cm³/mol. The van der Waals surface area contributed by atoms with E-state index >= 15 is 0 Å². The van der Waals surface area contributed by atoms with Crippen molar-refractivity contribution in [3.05, 3.63) is 102 Å². The van der Waals surface area contributed by atoms with Gasteiger partial charge in [-0.05, 0) is 48.4 Å². The van der Waals surface area contributed by atoms with Gasteiger partial charge in [0, 0.05) is 5.69 Å². The number of hydrogen-bond donors (Lipinski definition) is 2. The molecule has 0 saturated carbocycles. The molecular weight excluding hydrogens is 450 g/mol. The van der Waals surface area contributed by atoms with Gasteiger partial charge in [-0.25, -0.2) is 4.79 Å². The molecule has 0 radical (unpaired) electrons. The standard InChI is InChI=1S/C19H19NO4.C8H10O3/c1-19(12-21)15-5-3-4-6-16(15)20(18(19)23)11-13-7-9-14(10-8-13)17(22)24-2;1-2-7-8(4-3-5-9)11-6-10-7/h3-10,21H,11-12H2,1-2H3;2-4,9H,1,5-6H2/b;4-3-. The molecule has 4 rings (SSSR count). The molecule has 2 heterocycles. The number of anilines is 1. The van der Waals surface area contributed by atoms with Crippen molar-refractivity contribution in [2.24, 2.45) is 0 Å². The summed E-state index contributed by atoms with van der Waals surface area (Å²) < 4.78 is 14.7. The van der Waals surface area contributed by atoms with Gasteiger partial charge in [-0.3, -0.25) is 4.79 Å². The minimum atomic E-state index is -0.914. The van der Waals surface area contributed by atoms with Crippen molar-refractivity contribution in [2.75, 3.05) is 32.0 Å². The van der Waals surface area contributed by atoms with Crippen LogP contribution in [0.15, 0.2) is 84.9 Å². The first-order valence-corrected chi connectivity index (χ1v) is 11.0. The summed E-state index contributed by atoms with van der Waals surface area (Å²) in [6, 6.07) is 14.5. The lowest BCUT2D eigenvalue weighted by atomic mass is 9.85. The molecule has 0 fully saturated rings. The summed E-state index contributed by atoms with van der Waals surface area (Å²) in [5.41, 5.74) is 2.10. The van der Waals surface area contributed by atoms with E-state index in [1.807, 2.05) is 24.3 Å². The highest BCUT2D eigenvalue weighted by Crippen LogP contribution is 2.42. The van der Waals surface area contributed by atoms with Crippen LogP contribution in [0, 0.1) is 0 Å². The average Bonchev–Trinajstić information content (AvgIpc) is 3.45. The SMILES string of the molecule is C=CC1=C(/C=C\CO)OCO1.COC(=O)c1ccc(CN2C(=O)C(C)(CO)c3ccccc32)cc1. The summed E-state index contributed by atoms with van der Waals surface area (Å²) in [6.07, 6.45) is 4.81. The number of carbonyl (C=O) groups excluding carboxylic acids is 2. The van der Waals surface area contributed by atoms with Crippen LogP contribution in [0.5, 0.6) is 0 Å². The van der Waals surface area contributed by atoms with Gasteiger partial charge in [0.2, 0.25) is 12.7 Å². The number of ether oxygens (including phenoxy) is 3. The molecule has 2 aliphatic heterocycles. The fourth-order valence-electron chi connectivity index (χ4n) is 3.80. The van der Waals surface area contributed by atoms with E-state index in [2.05, 4.69) is 11.3 Å². The number of benzene rings is 2. The summed E-state index contributed by atoms with van der Waals surface area (Å²) in [7, 11) is 1.34. The molecule has 0 bridgehead atoms. The minimum absolute atomic E-state index is 0.00270. The number of hydrogen-bond acceptors (Lipinski definition) is 7. The van der Waals surface area contributed by atoms with Gasteiger partial charge in [0.05, 0.1) is 37.8 Å². The molecule has 0 aliphatic carbocycles. The molecule has 1 amide bonds. The quantitative estimate of drug-likeness (QED) is 0.588. The third kappa shape index (κ3) is 5.45. The van der Waals surface area contributed by atoms with Gasteiger partial charge in [0.1, 0.15) is 0 Å². The molecule has 2 aliphatic rings. The summed E-state index contributed by atoms with van der Waals surface area (Å²) in [6.45, 7) is 5.67. The number of esters is 1. The number of nitrogens with zero attached hydrogens (tertiary/aromatic N) is 1. The molecule has 0 aromatic heterocycles.